The predicted octanol–water partition coefficient (Wildman–Crippen LogP) is 2.11. The number of fused-ring (bicyclic) bond motifs is 1. The molecule has 3 fully saturated rings. The van der Waals surface area contributed by atoms with E-state index in [1.807, 2.05) is 12.1 Å². The van der Waals surface area contributed by atoms with Crippen molar-refractivity contribution < 1.29 is 18.7 Å². The van der Waals surface area contributed by atoms with Crippen LogP contribution < -0.4 is 4.74 Å². The number of hydrogen-bond acceptors (Lipinski definition) is 4. The summed E-state index contributed by atoms with van der Waals surface area (Å²) in [6, 6.07) is 3.60. The average Bonchev–Trinajstić information content (AvgIpc) is 2.96. The number of aromatic nitrogens is 1. The smallest absolute Gasteiger partial charge is 0.260 e. The molecule has 2 heterocycles. The summed E-state index contributed by atoms with van der Waals surface area (Å²) in [5, 5.41) is 0. The van der Waals surface area contributed by atoms with Crippen molar-refractivity contribution in [2.45, 2.75) is 56.0 Å². The highest BCUT2D eigenvalue weighted by Crippen LogP contribution is 2.40. The molecule has 2 aliphatic carbocycles. The molecule has 3 atom stereocenters. The Morgan fingerprint density at radius 1 is 1.43 bits per heavy atom. The summed E-state index contributed by atoms with van der Waals surface area (Å²) >= 11 is 0. The van der Waals surface area contributed by atoms with Crippen LogP contribution in [0.2, 0.25) is 0 Å². The molecule has 4 rings (SSSR count). The highest BCUT2D eigenvalue weighted by Gasteiger charge is 2.52. The first-order valence-electron chi connectivity index (χ1n) is 8.36. The molecule has 0 unspecified atom stereocenters. The third-order valence-corrected chi connectivity index (χ3v) is 5.25. The molecule has 1 aromatic heterocycles. The molecule has 23 heavy (non-hydrogen) atoms. The molecule has 3 aliphatic rings. The van der Waals surface area contributed by atoms with E-state index in [-0.39, 0.29) is 24.2 Å². The highest BCUT2D eigenvalue weighted by molar-refractivity contribution is 5.86. The lowest BCUT2D eigenvalue weighted by Gasteiger charge is -2.44. The van der Waals surface area contributed by atoms with Gasteiger partial charge in [-0.05, 0) is 44.2 Å². The lowest BCUT2D eigenvalue weighted by molar-refractivity contribution is -0.165. The van der Waals surface area contributed by atoms with Crippen LogP contribution in [0.25, 0.3) is 0 Å². The molecule has 0 radical (unpaired) electrons. The van der Waals surface area contributed by atoms with Crippen LogP contribution in [0.1, 0.15) is 32.1 Å². The Morgan fingerprint density at radius 2 is 2.30 bits per heavy atom. The van der Waals surface area contributed by atoms with Gasteiger partial charge in [0.15, 0.2) is 5.67 Å². The van der Waals surface area contributed by atoms with Crippen molar-refractivity contribution in [2.75, 3.05) is 13.2 Å². The maximum absolute atomic E-state index is 14.5. The van der Waals surface area contributed by atoms with Gasteiger partial charge in [0.05, 0.1) is 18.8 Å². The van der Waals surface area contributed by atoms with Crippen LogP contribution in [0.4, 0.5) is 4.39 Å². The first-order valence-corrected chi connectivity index (χ1v) is 8.36. The van der Waals surface area contributed by atoms with E-state index >= 15 is 0 Å². The Bertz CT molecular complexity index is 578. The van der Waals surface area contributed by atoms with Gasteiger partial charge in [-0.15, -0.1) is 0 Å². The minimum absolute atomic E-state index is 0.0776. The van der Waals surface area contributed by atoms with Gasteiger partial charge in [-0.25, -0.2) is 4.39 Å². The number of halogens is 1. The third kappa shape index (κ3) is 2.59. The zero-order valence-electron chi connectivity index (χ0n) is 13.0. The number of carbonyl (C=O) groups is 1. The molecule has 124 valence electrons. The summed E-state index contributed by atoms with van der Waals surface area (Å²) in [5.41, 5.74) is -1.63. The van der Waals surface area contributed by atoms with Gasteiger partial charge in [-0.3, -0.25) is 9.78 Å². The summed E-state index contributed by atoms with van der Waals surface area (Å²) in [5.74, 6) is 0.357. The monoisotopic (exact) mass is 320 g/mol. The van der Waals surface area contributed by atoms with Crippen molar-refractivity contribution in [3.8, 4) is 5.75 Å². The van der Waals surface area contributed by atoms with Crippen molar-refractivity contribution in [3.05, 3.63) is 24.5 Å². The molecule has 0 N–H and O–H groups in total. The molecule has 0 bridgehead atoms. The maximum Gasteiger partial charge on any atom is 0.260 e. The first-order chi connectivity index (χ1) is 11.2. The molecule has 5 nitrogen and oxygen atoms in total. The normalized spacial score (nSPS) is 32.0. The first kappa shape index (κ1) is 14.9. The van der Waals surface area contributed by atoms with Gasteiger partial charge in [0, 0.05) is 12.7 Å². The van der Waals surface area contributed by atoms with E-state index in [0.29, 0.717) is 31.7 Å². The van der Waals surface area contributed by atoms with Gasteiger partial charge in [-0.1, -0.05) is 0 Å². The van der Waals surface area contributed by atoms with Gasteiger partial charge >= 0.3 is 0 Å². The zero-order chi connectivity index (χ0) is 15.9. The second kappa shape index (κ2) is 5.74. The number of nitrogens with zero attached hydrogens (tertiary/aromatic N) is 2. The number of alkyl halides is 1. The van der Waals surface area contributed by atoms with Gasteiger partial charge in [0.25, 0.3) is 5.91 Å². The lowest BCUT2D eigenvalue weighted by atomic mass is 9.80. The number of carbonyl (C=O) groups excluding carboxylic acids is 1. The van der Waals surface area contributed by atoms with Crippen molar-refractivity contribution in [3.63, 3.8) is 0 Å². The van der Waals surface area contributed by atoms with Crippen LogP contribution in [-0.4, -0.2) is 52.9 Å². The van der Waals surface area contributed by atoms with Crippen LogP contribution in [0, 0.1) is 0 Å². The van der Waals surface area contributed by atoms with Crippen molar-refractivity contribution in [1.82, 2.24) is 9.88 Å². The topological polar surface area (TPSA) is 51.7 Å². The Morgan fingerprint density at radius 3 is 3.00 bits per heavy atom. The Hall–Kier alpha value is -1.69. The molecular formula is C17H21FN2O3. The Balaban J connectivity index is 1.47. The summed E-state index contributed by atoms with van der Waals surface area (Å²) in [7, 11) is 0. The van der Waals surface area contributed by atoms with Crippen LogP contribution >= 0.6 is 0 Å². The SMILES string of the molecule is O=C(N1CCO[C@H]2[C@H](Oc3cccnc3)CC[C@@H]21)C1(F)CCC1. The summed E-state index contributed by atoms with van der Waals surface area (Å²) < 4.78 is 26.4. The Kier molecular flexibility index (Phi) is 3.71. The molecule has 0 spiro atoms. The fourth-order valence-electron chi connectivity index (χ4n) is 3.84. The molecule has 1 amide bonds. The van der Waals surface area contributed by atoms with E-state index in [4.69, 9.17) is 9.47 Å². The van der Waals surface area contributed by atoms with Crippen LogP contribution in [0.5, 0.6) is 5.75 Å². The van der Waals surface area contributed by atoms with Crippen molar-refractivity contribution >= 4 is 5.91 Å². The minimum atomic E-state index is -1.63. The highest BCUT2D eigenvalue weighted by atomic mass is 19.1. The summed E-state index contributed by atoms with van der Waals surface area (Å²) in [6.45, 7) is 0.918. The van der Waals surface area contributed by atoms with E-state index in [9.17, 15) is 9.18 Å². The zero-order valence-corrected chi connectivity index (χ0v) is 13.0. The van der Waals surface area contributed by atoms with Gasteiger partial charge < -0.3 is 14.4 Å². The van der Waals surface area contributed by atoms with Crippen LogP contribution in [-0.2, 0) is 9.53 Å². The van der Waals surface area contributed by atoms with Crippen molar-refractivity contribution in [2.24, 2.45) is 0 Å². The number of ether oxygens (including phenoxy) is 2. The molecule has 1 saturated heterocycles. The van der Waals surface area contributed by atoms with Gasteiger partial charge in [-0.2, -0.15) is 0 Å². The molecule has 6 heteroatoms. The van der Waals surface area contributed by atoms with Gasteiger partial charge in [0.1, 0.15) is 18.0 Å². The summed E-state index contributed by atoms with van der Waals surface area (Å²) in [4.78, 5) is 18.3. The minimum Gasteiger partial charge on any atom is -0.486 e. The van der Waals surface area contributed by atoms with Crippen LogP contribution in [0.15, 0.2) is 24.5 Å². The molecule has 1 aromatic rings. The fraction of sp³-hybridized carbons (Fsp3) is 0.647. The predicted molar refractivity (Wildman–Crippen MR) is 80.8 cm³/mol. The van der Waals surface area contributed by atoms with Crippen molar-refractivity contribution in [1.29, 1.82) is 0 Å². The fourth-order valence-corrected chi connectivity index (χ4v) is 3.84. The quantitative estimate of drug-likeness (QED) is 0.856. The van der Waals surface area contributed by atoms with E-state index in [1.165, 1.54) is 0 Å². The Labute approximate surface area is 134 Å². The lowest BCUT2D eigenvalue weighted by Crippen LogP contribution is -2.60. The average molecular weight is 320 g/mol. The number of morpholine rings is 1. The van der Waals surface area contributed by atoms with E-state index < -0.39 is 5.67 Å². The van der Waals surface area contributed by atoms with E-state index in [2.05, 4.69) is 4.98 Å². The third-order valence-electron chi connectivity index (χ3n) is 5.25. The second-order valence-corrected chi connectivity index (χ2v) is 6.64. The molecule has 0 aromatic carbocycles. The van der Waals surface area contributed by atoms with Gasteiger partial charge in [0.2, 0.25) is 0 Å². The number of amides is 1. The number of hydrogen-bond donors (Lipinski definition) is 0. The largest absolute Gasteiger partial charge is 0.486 e. The second-order valence-electron chi connectivity index (χ2n) is 6.64. The summed E-state index contributed by atoms with van der Waals surface area (Å²) in [6.07, 6.45) is 6.17. The van der Waals surface area contributed by atoms with Crippen LogP contribution in [0.3, 0.4) is 0 Å². The number of pyridine rings is 1. The van der Waals surface area contributed by atoms with E-state index in [0.717, 1.165) is 19.3 Å². The maximum atomic E-state index is 14.5. The molecule has 2 saturated carbocycles. The molecular weight excluding hydrogens is 299 g/mol. The molecule has 1 aliphatic heterocycles. The standard InChI is InChI=1S/C17H21FN2O3/c18-17(6-2-7-17)16(21)20-9-10-22-15-13(20)4-5-14(15)23-12-3-1-8-19-11-12/h1,3,8,11,13-15H,2,4-7,9-10H2/t13-,14+,15+/m0/s1. The van der Waals surface area contributed by atoms with E-state index in [1.54, 1.807) is 17.3 Å². The number of rotatable bonds is 3.